The van der Waals surface area contributed by atoms with Gasteiger partial charge >= 0.3 is 0 Å². The number of rotatable bonds is 11. The Morgan fingerprint density at radius 3 is 2.66 bits per heavy atom. The number of hydrogen-bond donors (Lipinski definition) is 3. The van der Waals surface area contributed by atoms with Gasteiger partial charge in [-0.2, -0.15) is 0 Å². The number of nitrogens with two attached hydrogens (primary N) is 1. The molecule has 1 saturated heterocycles. The molecule has 188 valence electrons. The number of carbonyl (C=O) groups excluding carboxylic acids is 1. The number of nitrogens with zero attached hydrogens (tertiary/aromatic N) is 3. The fourth-order valence-corrected chi connectivity index (χ4v) is 4.97. The molecule has 7 nitrogen and oxygen atoms in total. The van der Waals surface area contributed by atoms with Gasteiger partial charge in [0.05, 0.1) is 11.1 Å². The fourth-order valence-electron chi connectivity index (χ4n) is 4.15. The molecule has 1 atom stereocenters. The molecule has 0 bridgehead atoms. The van der Waals surface area contributed by atoms with Crippen LogP contribution in [0.25, 0.3) is 11.3 Å². The number of aromatic nitrogens is 1. The molecular weight excluding hydrogens is 456 g/mol. The van der Waals surface area contributed by atoms with Crippen molar-refractivity contribution >= 4 is 29.2 Å². The third kappa shape index (κ3) is 8.42. The van der Waals surface area contributed by atoms with Crippen molar-refractivity contribution in [1.29, 1.82) is 0 Å². The minimum absolute atomic E-state index is 0.112. The van der Waals surface area contributed by atoms with Crippen LogP contribution < -0.4 is 16.4 Å². The van der Waals surface area contributed by atoms with Gasteiger partial charge in [0.2, 0.25) is 5.91 Å². The van der Waals surface area contributed by atoms with E-state index in [1.165, 1.54) is 24.6 Å². The normalized spacial score (nSPS) is 16.0. The van der Waals surface area contributed by atoms with Gasteiger partial charge in [0.25, 0.3) is 0 Å². The first kappa shape index (κ1) is 26.8. The zero-order valence-corrected chi connectivity index (χ0v) is 21.9. The Hall–Kier alpha value is -2.81. The lowest BCUT2D eigenvalue weighted by molar-refractivity contribution is -0.111. The van der Waals surface area contributed by atoms with Crippen LogP contribution in [0.2, 0.25) is 0 Å². The van der Waals surface area contributed by atoms with E-state index in [4.69, 9.17) is 10.7 Å². The molecule has 3 rings (SSSR count). The van der Waals surface area contributed by atoms with Crippen LogP contribution in [0.1, 0.15) is 32.8 Å². The van der Waals surface area contributed by atoms with E-state index < -0.39 is 0 Å². The standard InChI is InChI=1S/C27H38N6OS/c1-5-10-32-11-13-33(14-12-32)19-22-15-25(23-8-7-9-24(17-23)30-27(34)6-2)31-26(16-22)29-21(4)35-20(3)18-28/h6-9,15-18,21H,2,5,10-14,19,28H2,1,3-4H3,(H,29,31)(H,30,34)/b20-18-. The molecular formula is C27H38N6OS. The zero-order valence-electron chi connectivity index (χ0n) is 21.1. The highest BCUT2D eigenvalue weighted by Gasteiger charge is 2.17. The molecule has 1 aliphatic rings. The lowest BCUT2D eigenvalue weighted by Crippen LogP contribution is -2.45. The molecule has 1 unspecified atom stereocenters. The second-order valence-electron chi connectivity index (χ2n) is 8.82. The summed E-state index contributed by atoms with van der Waals surface area (Å²) < 4.78 is 0. The second-order valence-corrected chi connectivity index (χ2v) is 10.4. The first-order chi connectivity index (χ1) is 16.9. The van der Waals surface area contributed by atoms with Crippen LogP contribution in [0.4, 0.5) is 11.5 Å². The van der Waals surface area contributed by atoms with E-state index in [-0.39, 0.29) is 11.3 Å². The maximum Gasteiger partial charge on any atom is 0.247 e. The number of benzene rings is 1. The zero-order chi connectivity index (χ0) is 25.2. The molecule has 8 heteroatoms. The number of pyridine rings is 1. The van der Waals surface area contributed by atoms with Crippen LogP contribution in [0, 0.1) is 0 Å². The van der Waals surface area contributed by atoms with Gasteiger partial charge in [0, 0.05) is 50.2 Å². The lowest BCUT2D eigenvalue weighted by atomic mass is 10.1. The minimum atomic E-state index is -0.234. The number of anilines is 2. The summed E-state index contributed by atoms with van der Waals surface area (Å²) in [6.07, 6.45) is 4.09. The molecule has 2 heterocycles. The van der Waals surface area contributed by atoms with Gasteiger partial charge in [-0.15, -0.1) is 11.8 Å². The number of hydrogen-bond acceptors (Lipinski definition) is 7. The summed E-state index contributed by atoms with van der Waals surface area (Å²) in [4.78, 5) is 22.8. The SMILES string of the molecule is C=CC(=O)Nc1cccc(-c2cc(CN3CCN(CCC)CC3)cc(NC(C)S/C(C)=C\N)n2)c1. The third-order valence-electron chi connectivity index (χ3n) is 5.86. The summed E-state index contributed by atoms with van der Waals surface area (Å²) in [5, 5.41) is 6.47. The molecule has 0 saturated carbocycles. The summed E-state index contributed by atoms with van der Waals surface area (Å²) in [5.41, 5.74) is 9.40. The molecule has 0 aliphatic carbocycles. The van der Waals surface area contributed by atoms with Crippen molar-refractivity contribution in [3.8, 4) is 11.3 Å². The van der Waals surface area contributed by atoms with Crippen LogP contribution in [0.3, 0.4) is 0 Å². The van der Waals surface area contributed by atoms with Crippen LogP contribution in [-0.2, 0) is 11.3 Å². The van der Waals surface area contributed by atoms with Crippen molar-refractivity contribution in [3.63, 3.8) is 0 Å². The fraction of sp³-hybridized carbons (Fsp3) is 0.407. The second kappa shape index (κ2) is 13.3. The molecule has 1 aliphatic heterocycles. The predicted octanol–water partition coefficient (Wildman–Crippen LogP) is 4.71. The molecule has 2 aromatic rings. The van der Waals surface area contributed by atoms with E-state index in [1.54, 1.807) is 18.0 Å². The van der Waals surface area contributed by atoms with E-state index in [0.29, 0.717) is 5.69 Å². The van der Waals surface area contributed by atoms with Gasteiger partial charge in [-0.1, -0.05) is 25.6 Å². The van der Waals surface area contributed by atoms with Crippen molar-refractivity contribution in [3.05, 3.63) is 65.7 Å². The first-order valence-corrected chi connectivity index (χ1v) is 13.1. The molecule has 1 fully saturated rings. The van der Waals surface area contributed by atoms with Gasteiger partial charge in [-0.3, -0.25) is 9.69 Å². The summed E-state index contributed by atoms with van der Waals surface area (Å²) in [6.45, 7) is 16.3. The monoisotopic (exact) mass is 494 g/mol. The highest BCUT2D eigenvalue weighted by Crippen LogP contribution is 2.27. The van der Waals surface area contributed by atoms with Gasteiger partial charge in [-0.05, 0) is 67.6 Å². The number of nitrogens with one attached hydrogen (secondary N) is 2. The van der Waals surface area contributed by atoms with Crippen molar-refractivity contribution < 1.29 is 4.79 Å². The van der Waals surface area contributed by atoms with Crippen LogP contribution >= 0.6 is 11.8 Å². The Labute approximate surface area is 213 Å². The topological polar surface area (TPSA) is 86.5 Å². The van der Waals surface area contributed by atoms with Crippen molar-refractivity contribution in [2.24, 2.45) is 5.73 Å². The number of carbonyl (C=O) groups is 1. The molecule has 4 N–H and O–H groups in total. The maximum atomic E-state index is 11.8. The van der Waals surface area contributed by atoms with Crippen molar-refractivity contribution in [2.75, 3.05) is 43.4 Å². The van der Waals surface area contributed by atoms with Crippen LogP contribution in [0.5, 0.6) is 0 Å². The van der Waals surface area contributed by atoms with Crippen LogP contribution in [0.15, 0.2) is 60.2 Å². The summed E-state index contributed by atoms with van der Waals surface area (Å²) in [7, 11) is 0. The van der Waals surface area contributed by atoms with E-state index in [1.807, 2.05) is 31.2 Å². The van der Waals surface area contributed by atoms with Gasteiger partial charge in [0.15, 0.2) is 0 Å². The quantitative estimate of drug-likeness (QED) is 0.308. The highest BCUT2D eigenvalue weighted by atomic mass is 32.2. The van der Waals surface area contributed by atoms with E-state index in [9.17, 15) is 4.79 Å². The molecule has 0 spiro atoms. The van der Waals surface area contributed by atoms with Gasteiger partial charge in [-0.25, -0.2) is 4.98 Å². The highest BCUT2D eigenvalue weighted by molar-refractivity contribution is 8.03. The number of amides is 1. The lowest BCUT2D eigenvalue weighted by Gasteiger charge is -2.34. The Bertz CT molecular complexity index is 1030. The Morgan fingerprint density at radius 1 is 1.23 bits per heavy atom. The predicted molar refractivity (Wildman–Crippen MR) is 149 cm³/mol. The number of thioether (sulfide) groups is 1. The van der Waals surface area contributed by atoms with Gasteiger partial charge < -0.3 is 21.3 Å². The van der Waals surface area contributed by atoms with Gasteiger partial charge in [0.1, 0.15) is 5.82 Å². The van der Waals surface area contributed by atoms with Crippen molar-refractivity contribution in [2.45, 2.75) is 39.1 Å². The third-order valence-corrected chi connectivity index (χ3v) is 6.84. The van der Waals surface area contributed by atoms with E-state index >= 15 is 0 Å². The average molecular weight is 495 g/mol. The largest absolute Gasteiger partial charge is 0.404 e. The number of allylic oxidation sites excluding steroid dienone is 1. The maximum absolute atomic E-state index is 11.8. The molecule has 35 heavy (non-hydrogen) atoms. The molecule has 1 aromatic heterocycles. The summed E-state index contributed by atoms with van der Waals surface area (Å²) in [6, 6.07) is 12.0. The summed E-state index contributed by atoms with van der Waals surface area (Å²) in [5.74, 6) is 0.593. The van der Waals surface area contributed by atoms with E-state index in [0.717, 1.165) is 54.7 Å². The van der Waals surface area contributed by atoms with Crippen LogP contribution in [-0.4, -0.2) is 58.8 Å². The minimum Gasteiger partial charge on any atom is -0.404 e. The smallest absolute Gasteiger partial charge is 0.247 e. The molecule has 0 radical (unpaired) electrons. The van der Waals surface area contributed by atoms with Crippen molar-refractivity contribution in [1.82, 2.24) is 14.8 Å². The first-order valence-electron chi connectivity index (χ1n) is 12.2. The number of piperazine rings is 1. The Balaban J connectivity index is 1.84. The molecule has 1 amide bonds. The molecule has 1 aromatic carbocycles. The average Bonchev–Trinajstić information content (AvgIpc) is 2.85. The Kier molecular flexibility index (Phi) is 10.2. The summed E-state index contributed by atoms with van der Waals surface area (Å²) >= 11 is 1.67. The Morgan fingerprint density at radius 2 is 1.97 bits per heavy atom. The van der Waals surface area contributed by atoms with E-state index in [2.05, 4.69) is 53.0 Å².